The summed E-state index contributed by atoms with van der Waals surface area (Å²) in [4.78, 5) is 27.1. The van der Waals surface area contributed by atoms with Gasteiger partial charge in [0.1, 0.15) is 13.2 Å². The monoisotopic (exact) mass is 282 g/mol. The minimum absolute atomic E-state index is 0.00779. The van der Waals surface area contributed by atoms with E-state index in [1.807, 2.05) is 0 Å². The molecule has 2 heterocycles. The van der Waals surface area contributed by atoms with Crippen LogP contribution in [0.4, 0.5) is 0 Å². The summed E-state index contributed by atoms with van der Waals surface area (Å²) < 4.78 is 10.7. The molecule has 0 radical (unpaired) electrons. The molecule has 0 bridgehead atoms. The van der Waals surface area contributed by atoms with E-state index in [4.69, 9.17) is 9.47 Å². The standard InChI is InChI=1S/C14H22N2O4/c1-3-6-16-11-14(20-10-13(16)18)4-7-15(8-5-14)12(17)9-19-2/h3H,1,4-11H2,2H3. The number of piperidine rings is 1. The molecule has 1 spiro atoms. The van der Waals surface area contributed by atoms with Crippen LogP contribution in [0.25, 0.3) is 0 Å². The Balaban J connectivity index is 1.93. The average molecular weight is 282 g/mol. The average Bonchev–Trinajstić information content (AvgIpc) is 2.44. The van der Waals surface area contributed by atoms with Crippen LogP contribution in [0, 0.1) is 0 Å². The number of morpholine rings is 1. The number of nitrogens with zero attached hydrogens (tertiary/aromatic N) is 2. The summed E-state index contributed by atoms with van der Waals surface area (Å²) in [5.41, 5.74) is -0.305. The molecule has 2 rings (SSSR count). The van der Waals surface area contributed by atoms with Crippen molar-refractivity contribution in [1.29, 1.82) is 0 Å². The predicted octanol–water partition coefficient (Wildman–Crippen LogP) is 0.0388. The van der Waals surface area contributed by atoms with Gasteiger partial charge in [-0.05, 0) is 12.8 Å². The number of hydrogen-bond acceptors (Lipinski definition) is 4. The number of methoxy groups -OCH3 is 1. The van der Waals surface area contributed by atoms with E-state index in [-0.39, 0.29) is 30.6 Å². The van der Waals surface area contributed by atoms with Gasteiger partial charge in [0, 0.05) is 26.7 Å². The molecule has 2 aliphatic heterocycles. The minimum atomic E-state index is -0.305. The number of hydrogen-bond donors (Lipinski definition) is 0. The molecule has 20 heavy (non-hydrogen) atoms. The van der Waals surface area contributed by atoms with Gasteiger partial charge in [-0.25, -0.2) is 0 Å². The molecule has 0 unspecified atom stereocenters. The second-order valence-corrected chi connectivity index (χ2v) is 5.35. The van der Waals surface area contributed by atoms with Gasteiger partial charge in [0.25, 0.3) is 0 Å². The second-order valence-electron chi connectivity index (χ2n) is 5.35. The van der Waals surface area contributed by atoms with Gasteiger partial charge in [-0.15, -0.1) is 6.58 Å². The third-order valence-electron chi connectivity index (χ3n) is 3.98. The molecule has 6 heteroatoms. The fourth-order valence-electron chi connectivity index (χ4n) is 2.79. The summed E-state index contributed by atoms with van der Waals surface area (Å²) in [6.45, 7) is 6.36. The first-order valence-electron chi connectivity index (χ1n) is 6.89. The maximum Gasteiger partial charge on any atom is 0.248 e. The van der Waals surface area contributed by atoms with Crippen molar-refractivity contribution in [2.75, 3.05) is 46.5 Å². The van der Waals surface area contributed by atoms with Crippen LogP contribution < -0.4 is 0 Å². The summed E-state index contributed by atoms with van der Waals surface area (Å²) >= 11 is 0. The van der Waals surface area contributed by atoms with Gasteiger partial charge in [0.05, 0.1) is 12.1 Å². The van der Waals surface area contributed by atoms with Crippen LogP contribution in [-0.4, -0.2) is 73.7 Å². The van der Waals surface area contributed by atoms with E-state index < -0.39 is 0 Å². The van der Waals surface area contributed by atoms with Gasteiger partial charge in [-0.2, -0.15) is 0 Å². The smallest absolute Gasteiger partial charge is 0.248 e. The van der Waals surface area contributed by atoms with Gasteiger partial charge in [0.2, 0.25) is 11.8 Å². The largest absolute Gasteiger partial charge is 0.375 e. The van der Waals surface area contributed by atoms with Crippen LogP contribution >= 0.6 is 0 Å². The third kappa shape index (κ3) is 3.19. The maximum atomic E-state index is 11.8. The SMILES string of the molecule is C=CCN1CC2(CCN(C(=O)COC)CC2)OCC1=O. The third-order valence-corrected chi connectivity index (χ3v) is 3.98. The van der Waals surface area contributed by atoms with Crippen molar-refractivity contribution < 1.29 is 19.1 Å². The van der Waals surface area contributed by atoms with Crippen LogP contribution in [0.3, 0.4) is 0 Å². The zero-order valence-electron chi connectivity index (χ0n) is 12.0. The molecule has 0 saturated carbocycles. The van der Waals surface area contributed by atoms with E-state index in [9.17, 15) is 9.59 Å². The topological polar surface area (TPSA) is 59.1 Å². The van der Waals surface area contributed by atoms with Crippen molar-refractivity contribution in [2.45, 2.75) is 18.4 Å². The Labute approximate surface area is 119 Å². The molecule has 2 aliphatic rings. The number of ether oxygens (including phenoxy) is 2. The molecule has 112 valence electrons. The zero-order chi connectivity index (χ0) is 14.6. The molecule has 0 aromatic rings. The van der Waals surface area contributed by atoms with Crippen LogP contribution in [0.5, 0.6) is 0 Å². The molecule has 0 atom stereocenters. The van der Waals surface area contributed by atoms with E-state index in [0.29, 0.717) is 26.2 Å². The minimum Gasteiger partial charge on any atom is -0.375 e. The summed E-state index contributed by atoms with van der Waals surface area (Å²) in [5, 5.41) is 0. The zero-order valence-corrected chi connectivity index (χ0v) is 12.0. The number of carbonyl (C=O) groups is 2. The lowest BCUT2D eigenvalue weighted by atomic mass is 9.89. The van der Waals surface area contributed by atoms with Crippen LogP contribution in [0.15, 0.2) is 12.7 Å². The van der Waals surface area contributed by atoms with Crippen LogP contribution in [0.1, 0.15) is 12.8 Å². The first kappa shape index (κ1) is 15.0. The Morgan fingerprint density at radius 1 is 1.50 bits per heavy atom. The van der Waals surface area contributed by atoms with E-state index in [0.717, 1.165) is 12.8 Å². The van der Waals surface area contributed by atoms with Crippen molar-refractivity contribution >= 4 is 11.8 Å². The van der Waals surface area contributed by atoms with Gasteiger partial charge >= 0.3 is 0 Å². The lowest BCUT2D eigenvalue weighted by Gasteiger charge is -2.46. The summed E-state index contributed by atoms with van der Waals surface area (Å²) in [6.07, 6.45) is 3.24. The van der Waals surface area contributed by atoms with Crippen molar-refractivity contribution in [3.05, 3.63) is 12.7 Å². The van der Waals surface area contributed by atoms with Crippen molar-refractivity contribution in [3.63, 3.8) is 0 Å². The van der Waals surface area contributed by atoms with E-state index in [1.165, 1.54) is 7.11 Å². The number of rotatable bonds is 4. The van der Waals surface area contributed by atoms with Gasteiger partial charge in [0.15, 0.2) is 0 Å². The van der Waals surface area contributed by atoms with Crippen LogP contribution in [-0.2, 0) is 19.1 Å². The maximum absolute atomic E-state index is 11.8. The van der Waals surface area contributed by atoms with Gasteiger partial charge in [-0.3, -0.25) is 9.59 Å². The number of amides is 2. The normalized spacial score (nSPS) is 22.1. The summed E-state index contributed by atoms with van der Waals surface area (Å²) in [5.74, 6) is 0.0191. The summed E-state index contributed by atoms with van der Waals surface area (Å²) in [7, 11) is 1.52. The van der Waals surface area contributed by atoms with Gasteiger partial charge < -0.3 is 19.3 Å². The molecule has 0 aromatic carbocycles. The Bertz CT molecular complexity index is 389. The lowest BCUT2D eigenvalue weighted by molar-refractivity contribution is -0.172. The predicted molar refractivity (Wildman–Crippen MR) is 73.2 cm³/mol. The fourth-order valence-corrected chi connectivity index (χ4v) is 2.79. The van der Waals surface area contributed by atoms with Crippen molar-refractivity contribution in [3.8, 4) is 0 Å². The van der Waals surface area contributed by atoms with Gasteiger partial charge in [-0.1, -0.05) is 6.08 Å². The summed E-state index contributed by atoms with van der Waals surface area (Å²) in [6, 6.07) is 0. The second kappa shape index (κ2) is 6.37. The lowest BCUT2D eigenvalue weighted by Crippen LogP contribution is -2.59. The van der Waals surface area contributed by atoms with E-state index in [1.54, 1.807) is 15.9 Å². The van der Waals surface area contributed by atoms with Crippen molar-refractivity contribution in [1.82, 2.24) is 9.80 Å². The highest BCUT2D eigenvalue weighted by molar-refractivity contribution is 5.79. The fraction of sp³-hybridized carbons (Fsp3) is 0.714. The Morgan fingerprint density at radius 3 is 2.80 bits per heavy atom. The highest BCUT2D eigenvalue weighted by atomic mass is 16.5. The quantitative estimate of drug-likeness (QED) is 0.683. The Kier molecular flexibility index (Phi) is 4.77. The molecule has 0 N–H and O–H groups in total. The Hall–Kier alpha value is -1.40. The molecule has 0 aromatic heterocycles. The molecule has 2 fully saturated rings. The molecular weight excluding hydrogens is 260 g/mol. The molecule has 0 aliphatic carbocycles. The molecular formula is C14H22N2O4. The van der Waals surface area contributed by atoms with Crippen LogP contribution in [0.2, 0.25) is 0 Å². The number of carbonyl (C=O) groups excluding carboxylic acids is 2. The highest BCUT2D eigenvalue weighted by Crippen LogP contribution is 2.30. The number of likely N-dealkylation sites (tertiary alicyclic amines) is 1. The molecule has 2 amide bonds. The van der Waals surface area contributed by atoms with E-state index >= 15 is 0 Å². The highest BCUT2D eigenvalue weighted by Gasteiger charge is 2.42. The molecule has 2 saturated heterocycles. The first-order valence-corrected chi connectivity index (χ1v) is 6.89. The van der Waals surface area contributed by atoms with Crippen molar-refractivity contribution in [2.24, 2.45) is 0 Å². The molecule has 6 nitrogen and oxygen atoms in total. The Morgan fingerprint density at radius 2 is 2.20 bits per heavy atom. The first-order chi connectivity index (χ1) is 9.60. The van der Waals surface area contributed by atoms with E-state index in [2.05, 4.69) is 6.58 Å².